The molecule has 2 bridgehead atoms. The highest BCUT2D eigenvalue weighted by Gasteiger charge is 2.64. The first-order chi connectivity index (χ1) is 10.5. The second-order valence-electron chi connectivity index (χ2n) is 5.60. The third-order valence-electron chi connectivity index (χ3n) is 4.78. The van der Waals surface area contributed by atoms with Gasteiger partial charge in [-0.05, 0) is 6.08 Å². The summed E-state index contributed by atoms with van der Waals surface area (Å²) in [6.45, 7) is 0. The molecule has 0 saturated carbocycles. The maximum Gasteiger partial charge on any atom is 0.347 e. The molecule has 4 heterocycles. The van der Waals surface area contributed by atoms with Crippen molar-refractivity contribution in [3.63, 3.8) is 0 Å². The van der Waals surface area contributed by atoms with Crippen molar-refractivity contribution in [1.82, 2.24) is 13.9 Å². The Morgan fingerprint density at radius 3 is 2.23 bits per heavy atom. The molecule has 1 saturated heterocycles. The highest BCUT2D eigenvalue weighted by molar-refractivity contribution is 5.32. The highest BCUT2D eigenvalue weighted by atomic mass is 16.9. The predicted octanol–water partition coefficient (Wildman–Crippen LogP) is -1.26. The second kappa shape index (κ2) is 4.19. The fraction of sp³-hybridized carbons (Fsp3) is 0.692. The normalized spacial score (nSPS) is 31.7. The lowest BCUT2D eigenvalue weighted by molar-refractivity contribution is -0.330. The first kappa shape index (κ1) is 13.9. The predicted molar refractivity (Wildman–Crippen MR) is 72.5 cm³/mol. The summed E-state index contributed by atoms with van der Waals surface area (Å²) in [5.41, 5.74) is -0.115. The molecule has 9 nitrogen and oxygen atoms in total. The average molecular weight is 311 g/mol. The van der Waals surface area contributed by atoms with Gasteiger partial charge in [-0.3, -0.25) is 0 Å². The van der Waals surface area contributed by atoms with Gasteiger partial charge < -0.3 is 18.9 Å². The van der Waals surface area contributed by atoms with E-state index in [0.717, 1.165) is 4.57 Å². The van der Waals surface area contributed by atoms with Gasteiger partial charge in [-0.1, -0.05) is 0 Å². The Morgan fingerprint density at radius 2 is 1.64 bits per heavy atom. The SMILES string of the molecule is COC(OC)(OC)C1=CC2C3OC3C1n1c(=O)n(C)c(=O)n12. The van der Waals surface area contributed by atoms with Crippen molar-refractivity contribution in [2.24, 2.45) is 7.05 Å². The average Bonchev–Trinajstić information content (AvgIpc) is 3.32. The first-order valence-electron chi connectivity index (χ1n) is 6.94. The molecule has 0 N–H and O–H groups in total. The van der Waals surface area contributed by atoms with Crippen LogP contribution >= 0.6 is 0 Å². The van der Waals surface area contributed by atoms with Crippen LogP contribution in [0.4, 0.5) is 0 Å². The molecule has 120 valence electrons. The van der Waals surface area contributed by atoms with Crippen molar-refractivity contribution >= 4 is 0 Å². The molecule has 5 rings (SSSR count). The van der Waals surface area contributed by atoms with Crippen molar-refractivity contribution in [2.45, 2.75) is 30.3 Å². The number of rotatable bonds is 4. The van der Waals surface area contributed by atoms with Gasteiger partial charge in [0.1, 0.15) is 24.3 Å². The summed E-state index contributed by atoms with van der Waals surface area (Å²) in [5, 5.41) is 0. The van der Waals surface area contributed by atoms with E-state index >= 15 is 0 Å². The fourth-order valence-electron chi connectivity index (χ4n) is 3.68. The third kappa shape index (κ3) is 1.37. The minimum Gasteiger partial charge on any atom is -0.364 e. The van der Waals surface area contributed by atoms with Gasteiger partial charge in [0.2, 0.25) is 0 Å². The lowest BCUT2D eigenvalue weighted by Crippen LogP contribution is -2.52. The molecular weight excluding hydrogens is 294 g/mol. The number of methoxy groups -OCH3 is 3. The van der Waals surface area contributed by atoms with E-state index in [4.69, 9.17) is 18.9 Å². The number of epoxide rings is 1. The van der Waals surface area contributed by atoms with Crippen LogP contribution in [-0.4, -0.2) is 53.4 Å². The summed E-state index contributed by atoms with van der Waals surface area (Å²) in [6.07, 6.45) is 1.57. The van der Waals surface area contributed by atoms with Gasteiger partial charge in [0, 0.05) is 34.0 Å². The second-order valence-corrected chi connectivity index (χ2v) is 5.60. The van der Waals surface area contributed by atoms with Crippen molar-refractivity contribution in [2.75, 3.05) is 21.3 Å². The lowest BCUT2D eigenvalue weighted by atomic mass is 9.87. The number of aromatic nitrogens is 3. The van der Waals surface area contributed by atoms with Gasteiger partial charge in [0.05, 0.1) is 0 Å². The summed E-state index contributed by atoms with van der Waals surface area (Å²) in [4.78, 5) is 24.7. The molecule has 1 aliphatic carbocycles. The molecule has 4 aliphatic rings. The minimum absolute atomic E-state index is 0.100. The molecule has 0 aromatic carbocycles. The molecule has 4 unspecified atom stereocenters. The summed E-state index contributed by atoms with van der Waals surface area (Å²) in [7, 11) is 5.84. The minimum atomic E-state index is -1.41. The van der Waals surface area contributed by atoms with Gasteiger partial charge in [0.15, 0.2) is 0 Å². The van der Waals surface area contributed by atoms with E-state index in [2.05, 4.69) is 0 Å². The number of ether oxygens (including phenoxy) is 4. The third-order valence-corrected chi connectivity index (χ3v) is 4.78. The van der Waals surface area contributed by atoms with E-state index in [1.165, 1.54) is 37.7 Å². The number of nitrogens with zero attached hydrogens (tertiary/aromatic N) is 3. The van der Waals surface area contributed by atoms with Crippen LogP contribution in [0.2, 0.25) is 0 Å². The Kier molecular flexibility index (Phi) is 2.66. The van der Waals surface area contributed by atoms with Crippen LogP contribution in [0, 0.1) is 0 Å². The van der Waals surface area contributed by atoms with Crippen LogP contribution in [0.3, 0.4) is 0 Å². The van der Waals surface area contributed by atoms with Crippen LogP contribution in [0.5, 0.6) is 0 Å². The Morgan fingerprint density at radius 1 is 1.05 bits per heavy atom. The zero-order valence-electron chi connectivity index (χ0n) is 12.7. The van der Waals surface area contributed by atoms with Crippen LogP contribution in [0.15, 0.2) is 21.2 Å². The van der Waals surface area contributed by atoms with Crippen LogP contribution in [0.25, 0.3) is 0 Å². The van der Waals surface area contributed by atoms with Crippen molar-refractivity contribution in [3.8, 4) is 0 Å². The number of hydrogen-bond donors (Lipinski definition) is 0. The zero-order chi connectivity index (χ0) is 15.8. The topological polar surface area (TPSA) is 89.2 Å². The van der Waals surface area contributed by atoms with Crippen LogP contribution < -0.4 is 11.4 Å². The van der Waals surface area contributed by atoms with Gasteiger partial charge >= 0.3 is 17.4 Å². The molecule has 1 aromatic rings. The molecule has 1 aromatic heterocycles. The standard InChI is InChI=1S/C13H17N3O6/c1-14-11(17)15-7-5-6(13(19-2,20-3)21-4)8(10-9(7)22-10)16(15)12(14)18/h5,7-10H,1-4H3. The molecular formula is C13H17N3O6. The van der Waals surface area contributed by atoms with Gasteiger partial charge in [-0.2, -0.15) is 0 Å². The van der Waals surface area contributed by atoms with E-state index in [1.807, 2.05) is 6.08 Å². The largest absolute Gasteiger partial charge is 0.364 e. The molecule has 1 fully saturated rings. The Hall–Kier alpha value is -1.68. The van der Waals surface area contributed by atoms with E-state index in [9.17, 15) is 9.59 Å². The summed E-state index contributed by atoms with van der Waals surface area (Å²) >= 11 is 0. The molecule has 0 spiro atoms. The van der Waals surface area contributed by atoms with Crippen molar-refractivity contribution in [3.05, 3.63) is 32.6 Å². The van der Waals surface area contributed by atoms with E-state index in [0.29, 0.717) is 5.57 Å². The Labute approximate surface area is 125 Å². The maximum atomic E-state index is 12.4. The monoisotopic (exact) mass is 311 g/mol. The maximum absolute atomic E-state index is 12.4. The van der Waals surface area contributed by atoms with Crippen LogP contribution in [-0.2, 0) is 26.0 Å². The van der Waals surface area contributed by atoms with Gasteiger partial charge in [0.25, 0.3) is 0 Å². The molecule has 4 atom stereocenters. The van der Waals surface area contributed by atoms with E-state index in [-0.39, 0.29) is 23.9 Å². The quantitative estimate of drug-likeness (QED) is 0.392. The van der Waals surface area contributed by atoms with Crippen molar-refractivity contribution < 1.29 is 18.9 Å². The fourth-order valence-corrected chi connectivity index (χ4v) is 3.68. The lowest BCUT2D eigenvalue weighted by Gasteiger charge is -2.41. The summed E-state index contributed by atoms with van der Waals surface area (Å²) < 4.78 is 25.8. The number of hydrogen-bond acceptors (Lipinski definition) is 6. The highest BCUT2D eigenvalue weighted by Crippen LogP contribution is 2.54. The van der Waals surface area contributed by atoms with Crippen LogP contribution in [0.1, 0.15) is 12.1 Å². The molecule has 3 aliphatic heterocycles. The molecule has 22 heavy (non-hydrogen) atoms. The molecule has 0 amide bonds. The Bertz CT molecular complexity index is 774. The zero-order valence-corrected chi connectivity index (χ0v) is 12.7. The first-order valence-corrected chi connectivity index (χ1v) is 6.94. The van der Waals surface area contributed by atoms with E-state index < -0.39 is 17.7 Å². The summed E-state index contributed by atoms with van der Waals surface area (Å²) in [5.74, 6) is -1.41. The van der Waals surface area contributed by atoms with Gasteiger partial charge in [-0.15, -0.1) is 0 Å². The van der Waals surface area contributed by atoms with Gasteiger partial charge in [-0.25, -0.2) is 23.5 Å². The molecule has 0 radical (unpaired) electrons. The Balaban J connectivity index is 1.95. The van der Waals surface area contributed by atoms with E-state index in [1.54, 1.807) is 0 Å². The summed E-state index contributed by atoms with van der Waals surface area (Å²) in [6, 6.07) is -0.859. The molecule has 9 heteroatoms. The smallest absolute Gasteiger partial charge is 0.347 e. The van der Waals surface area contributed by atoms with Crippen molar-refractivity contribution in [1.29, 1.82) is 0 Å².